The zero-order valence-corrected chi connectivity index (χ0v) is 12.0. The number of nitrogens with zero attached hydrogens (tertiary/aromatic N) is 3. The van der Waals surface area contributed by atoms with Gasteiger partial charge in [-0.3, -0.25) is 14.9 Å². The molecule has 0 atom stereocenters. The van der Waals surface area contributed by atoms with Crippen LogP contribution in [-0.4, -0.2) is 26.2 Å². The molecule has 0 saturated carbocycles. The summed E-state index contributed by atoms with van der Waals surface area (Å²) in [5, 5.41) is 23.9. The number of anilines is 1. The molecule has 0 spiro atoms. The standard InChI is InChI=1S/C15H13N5O3/c21-14(9-6-10-4-7-11(8-5-10)20(22)23)16-12-2-1-3-13-15(12)18-19-17-13/h1-5,7-8H,6,9H2,(H,16,21)(H,17,18,19). The molecule has 8 heteroatoms. The number of nitro groups is 1. The first-order valence-electron chi connectivity index (χ1n) is 6.96. The molecule has 2 aromatic carbocycles. The predicted octanol–water partition coefficient (Wildman–Crippen LogP) is 2.44. The van der Waals surface area contributed by atoms with Crippen molar-refractivity contribution < 1.29 is 9.72 Å². The maximum absolute atomic E-state index is 12.0. The molecule has 116 valence electrons. The molecule has 1 heterocycles. The van der Waals surface area contributed by atoms with Gasteiger partial charge in [-0.2, -0.15) is 15.4 Å². The number of carbonyl (C=O) groups excluding carboxylic acids is 1. The highest BCUT2D eigenvalue weighted by atomic mass is 16.6. The fourth-order valence-corrected chi connectivity index (χ4v) is 2.22. The average molecular weight is 311 g/mol. The molecule has 8 nitrogen and oxygen atoms in total. The lowest BCUT2D eigenvalue weighted by Crippen LogP contribution is -2.12. The van der Waals surface area contributed by atoms with Crippen LogP contribution in [0.1, 0.15) is 12.0 Å². The Kier molecular flexibility index (Phi) is 3.96. The minimum atomic E-state index is -0.449. The van der Waals surface area contributed by atoms with E-state index in [0.29, 0.717) is 23.1 Å². The molecule has 0 fully saturated rings. The van der Waals surface area contributed by atoms with E-state index in [4.69, 9.17) is 0 Å². The molecule has 0 aliphatic carbocycles. The van der Waals surface area contributed by atoms with Crippen molar-refractivity contribution in [3.05, 3.63) is 58.1 Å². The van der Waals surface area contributed by atoms with Crippen molar-refractivity contribution in [1.29, 1.82) is 0 Å². The average Bonchev–Trinajstić information content (AvgIpc) is 3.03. The van der Waals surface area contributed by atoms with Crippen molar-refractivity contribution in [2.75, 3.05) is 5.32 Å². The summed E-state index contributed by atoms with van der Waals surface area (Å²) >= 11 is 0. The maximum atomic E-state index is 12.0. The van der Waals surface area contributed by atoms with Gasteiger partial charge in [0.15, 0.2) is 0 Å². The van der Waals surface area contributed by atoms with Gasteiger partial charge in [0.1, 0.15) is 11.0 Å². The zero-order chi connectivity index (χ0) is 16.2. The summed E-state index contributed by atoms with van der Waals surface area (Å²) in [4.78, 5) is 22.2. The van der Waals surface area contributed by atoms with Crippen molar-refractivity contribution in [2.45, 2.75) is 12.8 Å². The number of fused-ring (bicyclic) bond motifs is 1. The van der Waals surface area contributed by atoms with Crippen molar-refractivity contribution in [2.24, 2.45) is 0 Å². The quantitative estimate of drug-likeness (QED) is 0.555. The van der Waals surface area contributed by atoms with Gasteiger partial charge in [-0.1, -0.05) is 18.2 Å². The van der Waals surface area contributed by atoms with Crippen LogP contribution in [0, 0.1) is 10.1 Å². The van der Waals surface area contributed by atoms with Crippen LogP contribution in [0.2, 0.25) is 0 Å². The van der Waals surface area contributed by atoms with Gasteiger partial charge in [0.2, 0.25) is 5.91 Å². The Morgan fingerprint density at radius 2 is 1.96 bits per heavy atom. The van der Waals surface area contributed by atoms with E-state index in [-0.39, 0.29) is 18.0 Å². The van der Waals surface area contributed by atoms with Gasteiger partial charge in [0.05, 0.1) is 10.6 Å². The second kappa shape index (κ2) is 6.22. The van der Waals surface area contributed by atoms with E-state index in [1.165, 1.54) is 12.1 Å². The van der Waals surface area contributed by atoms with E-state index in [1.54, 1.807) is 30.3 Å². The molecule has 0 unspecified atom stereocenters. The molecular formula is C15H13N5O3. The summed E-state index contributed by atoms with van der Waals surface area (Å²) in [6.07, 6.45) is 0.769. The minimum Gasteiger partial charge on any atom is -0.324 e. The molecule has 0 aliphatic rings. The SMILES string of the molecule is O=C(CCc1ccc([N+](=O)[O-])cc1)Nc1cccc2n[nH]nc12. The number of non-ortho nitro benzene ring substituents is 1. The van der Waals surface area contributed by atoms with Crippen LogP contribution in [0.4, 0.5) is 11.4 Å². The molecule has 0 aliphatic heterocycles. The number of hydrogen-bond donors (Lipinski definition) is 2. The fourth-order valence-electron chi connectivity index (χ4n) is 2.22. The highest BCUT2D eigenvalue weighted by Crippen LogP contribution is 2.19. The number of carbonyl (C=O) groups is 1. The smallest absolute Gasteiger partial charge is 0.269 e. The first-order valence-corrected chi connectivity index (χ1v) is 6.96. The molecule has 1 aromatic heterocycles. The number of aromatic nitrogens is 3. The van der Waals surface area contributed by atoms with E-state index < -0.39 is 4.92 Å². The number of aromatic amines is 1. The van der Waals surface area contributed by atoms with E-state index in [2.05, 4.69) is 20.7 Å². The van der Waals surface area contributed by atoms with Gasteiger partial charge in [-0.25, -0.2) is 0 Å². The first-order chi connectivity index (χ1) is 11.1. The molecule has 23 heavy (non-hydrogen) atoms. The molecule has 0 radical (unpaired) electrons. The van der Waals surface area contributed by atoms with Crippen LogP contribution in [0.3, 0.4) is 0 Å². The van der Waals surface area contributed by atoms with Crippen LogP contribution in [0.25, 0.3) is 11.0 Å². The summed E-state index contributed by atoms with van der Waals surface area (Å²) in [6, 6.07) is 11.5. The summed E-state index contributed by atoms with van der Waals surface area (Å²) in [5.74, 6) is -0.154. The predicted molar refractivity (Wildman–Crippen MR) is 83.9 cm³/mol. The number of benzene rings is 2. The second-order valence-corrected chi connectivity index (χ2v) is 4.97. The van der Waals surface area contributed by atoms with E-state index in [1.807, 2.05) is 0 Å². The van der Waals surface area contributed by atoms with Crippen LogP contribution < -0.4 is 5.32 Å². The molecule has 0 bridgehead atoms. The Balaban J connectivity index is 1.61. The molecule has 1 amide bonds. The number of para-hydroxylation sites is 1. The normalized spacial score (nSPS) is 10.6. The third-order valence-electron chi connectivity index (χ3n) is 3.41. The molecular weight excluding hydrogens is 298 g/mol. The Morgan fingerprint density at radius 1 is 1.17 bits per heavy atom. The van der Waals surface area contributed by atoms with Crippen molar-refractivity contribution in [3.8, 4) is 0 Å². The molecule has 3 aromatic rings. The van der Waals surface area contributed by atoms with E-state index in [0.717, 1.165) is 5.56 Å². The van der Waals surface area contributed by atoms with Gasteiger partial charge < -0.3 is 5.32 Å². The lowest BCUT2D eigenvalue weighted by Gasteiger charge is -2.05. The number of H-pyrrole nitrogens is 1. The van der Waals surface area contributed by atoms with Crippen LogP contribution in [0.5, 0.6) is 0 Å². The van der Waals surface area contributed by atoms with Crippen molar-refractivity contribution >= 4 is 28.3 Å². The summed E-state index contributed by atoms with van der Waals surface area (Å²) in [7, 11) is 0. The monoisotopic (exact) mass is 311 g/mol. The van der Waals surface area contributed by atoms with Gasteiger partial charge in [-0.15, -0.1) is 0 Å². The lowest BCUT2D eigenvalue weighted by atomic mass is 10.1. The van der Waals surface area contributed by atoms with Crippen LogP contribution in [0.15, 0.2) is 42.5 Å². The molecule has 2 N–H and O–H groups in total. The number of aryl methyl sites for hydroxylation is 1. The highest BCUT2D eigenvalue weighted by molar-refractivity contribution is 5.99. The third-order valence-corrected chi connectivity index (χ3v) is 3.41. The Morgan fingerprint density at radius 3 is 2.70 bits per heavy atom. The Bertz CT molecular complexity index is 857. The largest absolute Gasteiger partial charge is 0.324 e. The maximum Gasteiger partial charge on any atom is 0.269 e. The molecule has 3 rings (SSSR count). The first kappa shape index (κ1) is 14.6. The summed E-state index contributed by atoms with van der Waals surface area (Å²) in [5.41, 5.74) is 2.79. The van der Waals surface area contributed by atoms with Gasteiger partial charge >= 0.3 is 0 Å². The molecule has 0 saturated heterocycles. The minimum absolute atomic E-state index is 0.0379. The van der Waals surface area contributed by atoms with Crippen LogP contribution >= 0.6 is 0 Å². The van der Waals surface area contributed by atoms with E-state index in [9.17, 15) is 14.9 Å². The van der Waals surface area contributed by atoms with E-state index >= 15 is 0 Å². The topological polar surface area (TPSA) is 114 Å². The Hall–Kier alpha value is -3.29. The van der Waals surface area contributed by atoms with Gasteiger partial charge in [0.25, 0.3) is 5.69 Å². The van der Waals surface area contributed by atoms with Crippen LogP contribution in [-0.2, 0) is 11.2 Å². The lowest BCUT2D eigenvalue weighted by molar-refractivity contribution is -0.384. The van der Waals surface area contributed by atoms with Gasteiger partial charge in [0, 0.05) is 18.6 Å². The highest BCUT2D eigenvalue weighted by Gasteiger charge is 2.09. The van der Waals surface area contributed by atoms with Gasteiger partial charge in [-0.05, 0) is 24.1 Å². The van der Waals surface area contributed by atoms with Crippen molar-refractivity contribution in [1.82, 2.24) is 15.4 Å². The second-order valence-electron chi connectivity index (χ2n) is 4.97. The third kappa shape index (κ3) is 3.31. The summed E-state index contributed by atoms with van der Waals surface area (Å²) in [6.45, 7) is 0. The number of amides is 1. The van der Waals surface area contributed by atoms with Crippen molar-refractivity contribution in [3.63, 3.8) is 0 Å². The fraction of sp³-hybridized carbons (Fsp3) is 0.133. The number of rotatable bonds is 5. The number of nitrogens with one attached hydrogen (secondary N) is 2. The summed E-state index contributed by atoms with van der Waals surface area (Å²) < 4.78 is 0. The zero-order valence-electron chi connectivity index (χ0n) is 12.0. The number of nitro benzene ring substituents is 1. The number of hydrogen-bond acceptors (Lipinski definition) is 5. The Labute approximate surface area is 130 Å².